The van der Waals surface area contributed by atoms with Gasteiger partial charge in [-0.15, -0.1) is 5.43 Å². The molecule has 1 atom stereocenters. The van der Waals surface area contributed by atoms with E-state index in [4.69, 9.17) is 16.2 Å². The normalized spacial score (nSPS) is 12.3. The molecule has 0 unspecified atom stereocenters. The maximum absolute atomic E-state index is 12.8. The van der Waals surface area contributed by atoms with E-state index < -0.39 is 22.5 Å². The van der Waals surface area contributed by atoms with Crippen LogP contribution < -0.4 is 16.9 Å². The molecule has 0 aliphatic heterocycles. The smallest absolute Gasteiger partial charge is 0.338 e. The molecule has 0 amide bonds. The molecule has 0 saturated heterocycles. The van der Waals surface area contributed by atoms with Crippen LogP contribution in [0.15, 0.2) is 35.3 Å². The van der Waals surface area contributed by atoms with E-state index in [1.54, 1.807) is 24.3 Å². The van der Waals surface area contributed by atoms with E-state index in [2.05, 4.69) is 9.73 Å². The SMILES string of the molecule is COC(=O)CC[C@](CCCN=C(N)N)(N[N+](=O)[O-])C(=O)OCc1ccccc1. The minimum atomic E-state index is -1.73. The number of ether oxygens (including phenoxy) is 2. The number of esters is 2. The van der Waals surface area contributed by atoms with Gasteiger partial charge in [0, 0.05) is 13.0 Å². The van der Waals surface area contributed by atoms with Gasteiger partial charge in [0.1, 0.15) is 6.61 Å². The molecular formula is C17H25N5O6. The van der Waals surface area contributed by atoms with E-state index in [1.165, 1.54) is 7.11 Å². The number of nitrogens with two attached hydrogens (primary N) is 2. The molecule has 0 aliphatic carbocycles. The number of carbonyl (C=O) groups excluding carboxylic acids is 2. The number of guanidine groups is 1. The Hall–Kier alpha value is -3.37. The van der Waals surface area contributed by atoms with Crippen LogP contribution in [0.4, 0.5) is 0 Å². The van der Waals surface area contributed by atoms with E-state index in [1.807, 2.05) is 11.5 Å². The molecule has 0 radical (unpaired) electrons. The number of hydrazine groups is 1. The summed E-state index contributed by atoms with van der Waals surface area (Å²) in [6.45, 7) is 0.0978. The summed E-state index contributed by atoms with van der Waals surface area (Å²) in [5, 5.41) is 10.3. The molecule has 154 valence electrons. The van der Waals surface area contributed by atoms with Crippen LogP contribution in [-0.2, 0) is 25.7 Å². The van der Waals surface area contributed by atoms with Crippen molar-refractivity contribution < 1.29 is 24.1 Å². The van der Waals surface area contributed by atoms with Crippen LogP contribution in [0.25, 0.3) is 0 Å². The molecule has 1 aromatic carbocycles. The standard InChI is InChI=1S/C17H25N5O6/c1-27-14(23)8-10-17(21-22(25)26,9-5-11-20-16(18)19)15(24)28-12-13-6-3-2-4-7-13/h2-4,6-7,21H,5,8-12H2,1H3,(H4,18,19,20)/t17-/m0/s1. The molecular weight excluding hydrogens is 370 g/mol. The maximum Gasteiger partial charge on any atom is 0.338 e. The quantitative estimate of drug-likeness (QED) is 0.112. The van der Waals surface area contributed by atoms with Crippen molar-refractivity contribution in [2.24, 2.45) is 16.5 Å². The fourth-order valence-electron chi connectivity index (χ4n) is 2.53. The van der Waals surface area contributed by atoms with Gasteiger partial charge in [0.25, 0.3) is 0 Å². The van der Waals surface area contributed by atoms with Gasteiger partial charge in [-0.1, -0.05) is 30.3 Å². The Kier molecular flexibility index (Phi) is 9.20. The first kappa shape index (κ1) is 22.7. The molecule has 0 spiro atoms. The Morgan fingerprint density at radius 3 is 2.50 bits per heavy atom. The lowest BCUT2D eigenvalue weighted by molar-refractivity contribution is -0.557. The predicted octanol–water partition coefficient (Wildman–Crippen LogP) is 0.257. The van der Waals surface area contributed by atoms with Crippen LogP contribution in [0, 0.1) is 10.1 Å². The third kappa shape index (κ3) is 7.89. The molecule has 0 bridgehead atoms. The van der Waals surface area contributed by atoms with Crippen molar-refractivity contribution in [2.75, 3.05) is 13.7 Å². The first-order chi connectivity index (χ1) is 13.3. The van der Waals surface area contributed by atoms with Gasteiger partial charge < -0.3 is 20.9 Å². The predicted molar refractivity (Wildman–Crippen MR) is 100 cm³/mol. The Balaban J connectivity index is 2.97. The number of hydrogen-bond donors (Lipinski definition) is 3. The van der Waals surface area contributed by atoms with Crippen molar-refractivity contribution in [1.82, 2.24) is 5.43 Å². The highest BCUT2D eigenvalue weighted by molar-refractivity contribution is 5.82. The minimum absolute atomic E-state index is 0.0185. The summed E-state index contributed by atoms with van der Waals surface area (Å²) in [6, 6.07) is 8.87. The molecule has 1 aromatic rings. The van der Waals surface area contributed by atoms with Crippen molar-refractivity contribution in [2.45, 2.75) is 37.8 Å². The number of hydrogen-bond acceptors (Lipinski definition) is 7. The highest BCUT2D eigenvalue weighted by atomic mass is 16.7. The zero-order valence-corrected chi connectivity index (χ0v) is 15.6. The van der Waals surface area contributed by atoms with Crippen molar-refractivity contribution in [3.63, 3.8) is 0 Å². The first-order valence-electron chi connectivity index (χ1n) is 8.54. The molecule has 0 aliphatic rings. The van der Waals surface area contributed by atoms with Gasteiger partial charge >= 0.3 is 11.9 Å². The van der Waals surface area contributed by atoms with Crippen LogP contribution in [0.5, 0.6) is 0 Å². The van der Waals surface area contributed by atoms with Gasteiger partial charge in [-0.05, 0) is 24.8 Å². The van der Waals surface area contributed by atoms with Gasteiger partial charge in [0.05, 0.1) is 7.11 Å². The fourth-order valence-corrected chi connectivity index (χ4v) is 2.53. The summed E-state index contributed by atoms with van der Waals surface area (Å²) in [4.78, 5) is 39.3. The van der Waals surface area contributed by atoms with E-state index in [9.17, 15) is 19.7 Å². The van der Waals surface area contributed by atoms with Crippen molar-refractivity contribution in [3.8, 4) is 0 Å². The number of rotatable bonds is 12. The van der Waals surface area contributed by atoms with Crippen molar-refractivity contribution >= 4 is 17.9 Å². The zero-order valence-electron chi connectivity index (χ0n) is 15.6. The summed E-state index contributed by atoms with van der Waals surface area (Å²) >= 11 is 0. The average molecular weight is 395 g/mol. The lowest BCUT2D eigenvalue weighted by Crippen LogP contribution is -2.55. The lowest BCUT2D eigenvalue weighted by atomic mass is 9.88. The number of nitrogens with zero attached hydrogens (tertiary/aromatic N) is 2. The second-order valence-electron chi connectivity index (χ2n) is 6.00. The molecule has 0 saturated carbocycles. The van der Waals surface area contributed by atoms with Crippen LogP contribution >= 0.6 is 0 Å². The zero-order chi connectivity index (χ0) is 21.0. The maximum atomic E-state index is 12.8. The second-order valence-corrected chi connectivity index (χ2v) is 6.00. The highest BCUT2D eigenvalue weighted by Gasteiger charge is 2.44. The van der Waals surface area contributed by atoms with Crippen LogP contribution in [0.1, 0.15) is 31.2 Å². The number of nitrogens with one attached hydrogen (secondary N) is 1. The molecule has 0 aromatic heterocycles. The van der Waals surface area contributed by atoms with E-state index in [0.717, 1.165) is 5.56 Å². The van der Waals surface area contributed by atoms with E-state index >= 15 is 0 Å². The van der Waals surface area contributed by atoms with Crippen LogP contribution in [0.3, 0.4) is 0 Å². The molecule has 5 N–H and O–H groups in total. The summed E-state index contributed by atoms with van der Waals surface area (Å²) < 4.78 is 9.87. The molecule has 0 fully saturated rings. The molecule has 11 nitrogen and oxygen atoms in total. The summed E-state index contributed by atoms with van der Waals surface area (Å²) in [5.41, 5.74) is 11.5. The molecule has 0 heterocycles. The van der Waals surface area contributed by atoms with Crippen LogP contribution in [-0.4, -0.2) is 42.1 Å². The summed E-state index contributed by atoms with van der Waals surface area (Å²) in [6.07, 6.45) is -0.161. The number of nitro groups is 1. The fraction of sp³-hybridized carbons (Fsp3) is 0.471. The Labute approximate surface area is 162 Å². The van der Waals surface area contributed by atoms with Crippen molar-refractivity contribution in [1.29, 1.82) is 0 Å². The van der Waals surface area contributed by atoms with E-state index in [0.29, 0.717) is 0 Å². The average Bonchev–Trinajstić information content (AvgIpc) is 2.67. The molecule has 1 rings (SSSR count). The number of benzene rings is 1. The summed E-state index contributed by atoms with van der Waals surface area (Å²) in [7, 11) is 1.19. The molecule has 11 heteroatoms. The number of aliphatic imine (C=N–C) groups is 1. The monoisotopic (exact) mass is 395 g/mol. The lowest BCUT2D eigenvalue weighted by Gasteiger charge is -2.28. The summed E-state index contributed by atoms with van der Waals surface area (Å²) in [5.74, 6) is -1.58. The minimum Gasteiger partial charge on any atom is -0.469 e. The van der Waals surface area contributed by atoms with E-state index in [-0.39, 0.29) is 44.8 Å². The second kappa shape index (κ2) is 11.4. The van der Waals surface area contributed by atoms with Gasteiger partial charge in [-0.2, -0.15) is 0 Å². The van der Waals surface area contributed by atoms with Crippen LogP contribution in [0.2, 0.25) is 0 Å². The van der Waals surface area contributed by atoms with Gasteiger partial charge in [0.2, 0.25) is 0 Å². The number of carbonyl (C=O) groups is 2. The third-order valence-electron chi connectivity index (χ3n) is 3.95. The van der Waals surface area contributed by atoms with Crippen molar-refractivity contribution in [3.05, 3.63) is 46.0 Å². The third-order valence-corrected chi connectivity index (χ3v) is 3.95. The Morgan fingerprint density at radius 2 is 1.93 bits per heavy atom. The van der Waals surface area contributed by atoms with Gasteiger partial charge in [-0.3, -0.25) is 9.79 Å². The topological polar surface area (TPSA) is 172 Å². The molecule has 28 heavy (non-hydrogen) atoms. The number of methoxy groups -OCH3 is 1. The Morgan fingerprint density at radius 1 is 1.25 bits per heavy atom. The Bertz CT molecular complexity index is 693. The van der Waals surface area contributed by atoms with Gasteiger partial charge in [0.15, 0.2) is 16.5 Å². The first-order valence-corrected chi connectivity index (χ1v) is 8.54. The highest BCUT2D eigenvalue weighted by Crippen LogP contribution is 2.23. The van der Waals surface area contributed by atoms with Gasteiger partial charge in [-0.25, -0.2) is 14.9 Å². The largest absolute Gasteiger partial charge is 0.469 e.